The summed E-state index contributed by atoms with van der Waals surface area (Å²) in [7, 11) is -4.03. The largest absolute Gasteiger partial charge is 0.494 e. The van der Waals surface area contributed by atoms with E-state index in [1.54, 1.807) is 60.7 Å². The van der Waals surface area contributed by atoms with Crippen molar-refractivity contribution in [1.29, 1.82) is 0 Å². The molecule has 3 aromatic rings. The van der Waals surface area contributed by atoms with Crippen LogP contribution in [0.2, 0.25) is 0 Å². The van der Waals surface area contributed by atoms with Crippen LogP contribution >= 0.6 is 0 Å². The standard InChI is InChI=1S/C25H27N3O5S/c1-4-33-23-12-10-22(11-13-23)28(34(31,32)24-14-8-18(2)9-15-24)17-25(30)27-21-7-5-6-20(16-21)26-19(3)29/h5-16H,4,17H2,1-3H3,(H,26,29)(H,27,30). The van der Waals surface area contributed by atoms with Gasteiger partial charge in [-0.15, -0.1) is 0 Å². The van der Waals surface area contributed by atoms with Gasteiger partial charge in [0.15, 0.2) is 0 Å². The summed E-state index contributed by atoms with van der Waals surface area (Å²) in [5.74, 6) is -0.183. The van der Waals surface area contributed by atoms with Gasteiger partial charge in [0.05, 0.1) is 17.2 Å². The van der Waals surface area contributed by atoms with Crippen LogP contribution in [0.1, 0.15) is 19.4 Å². The van der Waals surface area contributed by atoms with E-state index in [1.807, 2.05) is 13.8 Å². The number of rotatable bonds is 9. The predicted molar refractivity (Wildman–Crippen MR) is 133 cm³/mol. The molecular weight excluding hydrogens is 454 g/mol. The quantitative estimate of drug-likeness (QED) is 0.477. The fourth-order valence-corrected chi connectivity index (χ4v) is 4.66. The van der Waals surface area contributed by atoms with E-state index in [0.29, 0.717) is 29.4 Å². The van der Waals surface area contributed by atoms with Crippen molar-refractivity contribution in [3.8, 4) is 5.75 Å². The van der Waals surface area contributed by atoms with Crippen LogP contribution in [0.5, 0.6) is 5.75 Å². The third-order valence-corrected chi connectivity index (χ3v) is 6.59. The second kappa shape index (κ2) is 10.8. The molecule has 178 valence electrons. The molecule has 2 N–H and O–H groups in total. The van der Waals surface area contributed by atoms with Crippen LogP contribution in [0.25, 0.3) is 0 Å². The maximum atomic E-state index is 13.5. The van der Waals surface area contributed by atoms with Gasteiger partial charge in [-0.3, -0.25) is 13.9 Å². The van der Waals surface area contributed by atoms with Crippen molar-refractivity contribution < 1.29 is 22.7 Å². The lowest BCUT2D eigenvalue weighted by molar-refractivity contribution is -0.115. The van der Waals surface area contributed by atoms with Crippen LogP contribution in [0.4, 0.5) is 17.1 Å². The number of sulfonamides is 1. The molecule has 34 heavy (non-hydrogen) atoms. The number of carbonyl (C=O) groups excluding carboxylic acids is 2. The Labute approximate surface area is 199 Å². The van der Waals surface area contributed by atoms with Crippen molar-refractivity contribution in [2.75, 3.05) is 28.1 Å². The highest BCUT2D eigenvalue weighted by Gasteiger charge is 2.27. The molecule has 0 aromatic heterocycles. The van der Waals surface area contributed by atoms with Gasteiger partial charge in [-0.05, 0) is 68.4 Å². The molecule has 0 atom stereocenters. The second-order valence-electron chi connectivity index (χ2n) is 7.56. The third kappa shape index (κ3) is 6.35. The molecule has 8 nitrogen and oxygen atoms in total. The van der Waals surface area contributed by atoms with Crippen LogP contribution < -0.4 is 19.7 Å². The summed E-state index contributed by atoms with van der Waals surface area (Å²) in [6, 6.07) is 19.6. The van der Waals surface area contributed by atoms with Crippen molar-refractivity contribution in [2.45, 2.75) is 25.7 Å². The molecule has 0 unspecified atom stereocenters. The first-order valence-electron chi connectivity index (χ1n) is 10.7. The molecule has 0 bridgehead atoms. The number of hydrogen-bond acceptors (Lipinski definition) is 5. The zero-order valence-electron chi connectivity index (χ0n) is 19.2. The number of ether oxygens (including phenoxy) is 1. The van der Waals surface area contributed by atoms with Gasteiger partial charge in [-0.25, -0.2) is 8.42 Å². The SMILES string of the molecule is CCOc1ccc(N(CC(=O)Nc2cccc(NC(C)=O)c2)S(=O)(=O)c2ccc(C)cc2)cc1. The Morgan fingerprint density at radius 3 is 2.12 bits per heavy atom. The summed E-state index contributed by atoms with van der Waals surface area (Å²) in [5, 5.41) is 5.34. The van der Waals surface area contributed by atoms with E-state index < -0.39 is 22.5 Å². The highest BCUT2D eigenvalue weighted by atomic mass is 32.2. The molecule has 0 aliphatic carbocycles. The monoisotopic (exact) mass is 481 g/mol. The summed E-state index contributed by atoms with van der Waals surface area (Å²) in [5.41, 5.74) is 2.19. The molecule has 0 saturated heterocycles. The average Bonchev–Trinajstić information content (AvgIpc) is 2.78. The Balaban J connectivity index is 1.90. The Bertz CT molecular complexity index is 1260. The van der Waals surface area contributed by atoms with E-state index in [4.69, 9.17) is 4.74 Å². The smallest absolute Gasteiger partial charge is 0.264 e. The maximum absolute atomic E-state index is 13.5. The van der Waals surface area contributed by atoms with E-state index >= 15 is 0 Å². The summed E-state index contributed by atoms with van der Waals surface area (Å²) in [6.07, 6.45) is 0. The molecular formula is C25H27N3O5S. The number of hydrogen-bond donors (Lipinski definition) is 2. The van der Waals surface area contributed by atoms with Gasteiger partial charge >= 0.3 is 0 Å². The molecule has 0 radical (unpaired) electrons. The fourth-order valence-electron chi connectivity index (χ4n) is 3.24. The van der Waals surface area contributed by atoms with Gasteiger partial charge in [-0.2, -0.15) is 0 Å². The molecule has 3 rings (SSSR count). The Morgan fingerprint density at radius 2 is 1.53 bits per heavy atom. The van der Waals surface area contributed by atoms with Crippen molar-refractivity contribution in [1.82, 2.24) is 0 Å². The highest BCUT2D eigenvalue weighted by molar-refractivity contribution is 7.92. The van der Waals surface area contributed by atoms with E-state index in [2.05, 4.69) is 10.6 Å². The predicted octanol–water partition coefficient (Wildman–Crippen LogP) is 4.19. The number of nitrogens with zero attached hydrogens (tertiary/aromatic N) is 1. The van der Waals surface area contributed by atoms with Crippen LogP contribution in [0, 0.1) is 6.92 Å². The van der Waals surface area contributed by atoms with Crippen molar-refractivity contribution in [3.63, 3.8) is 0 Å². The van der Waals surface area contributed by atoms with Gasteiger partial charge in [-0.1, -0.05) is 23.8 Å². The van der Waals surface area contributed by atoms with Crippen LogP contribution in [0.3, 0.4) is 0 Å². The van der Waals surface area contributed by atoms with Crippen molar-refractivity contribution in [3.05, 3.63) is 78.4 Å². The molecule has 3 aromatic carbocycles. The van der Waals surface area contributed by atoms with Crippen LogP contribution in [-0.4, -0.2) is 33.4 Å². The lowest BCUT2D eigenvalue weighted by Gasteiger charge is -2.24. The molecule has 2 amide bonds. The molecule has 9 heteroatoms. The summed E-state index contributed by atoms with van der Waals surface area (Å²) < 4.78 is 33.5. The molecule has 0 spiro atoms. The van der Waals surface area contributed by atoms with E-state index in [-0.39, 0.29) is 10.8 Å². The van der Waals surface area contributed by atoms with Gasteiger partial charge in [0.1, 0.15) is 12.3 Å². The number of anilines is 3. The molecule has 0 aliphatic rings. The zero-order chi connectivity index (χ0) is 24.7. The normalized spacial score (nSPS) is 10.9. The fraction of sp³-hybridized carbons (Fsp3) is 0.200. The second-order valence-corrected chi connectivity index (χ2v) is 9.42. The lowest BCUT2D eigenvalue weighted by Crippen LogP contribution is -2.38. The Hall–Kier alpha value is -3.85. The first-order chi connectivity index (χ1) is 16.2. The average molecular weight is 482 g/mol. The molecule has 0 heterocycles. The minimum absolute atomic E-state index is 0.0763. The van der Waals surface area contributed by atoms with E-state index in [1.165, 1.54) is 19.1 Å². The first-order valence-corrected chi connectivity index (χ1v) is 12.1. The zero-order valence-corrected chi connectivity index (χ0v) is 20.1. The van der Waals surface area contributed by atoms with Gasteiger partial charge in [0.2, 0.25) is 11.8 Å². The summed E-state index contributed by atoms with van der Waals surface area (Å²) in [4.78, 5) is 24.3. The number of carbonyl (C=O) groups is 2. The number of amides is 2. The first kappa shape index (κ1) is 24.8. The number of nitrogens with one attached hydrogen (secondary N) is 2. The lowest BCUT2D eigenvalue weighted by atomic mass is 10.2. The number of benzene rings is 3. The topological polar surface area (TPSA) is 105 Å². The van der Waals surface area contributed by atoms with E-state index in [9.17, 15) is 18.0 Å². The minimum atomic E-state index is -4.03. The Morgan fingerprint density at radius 1 is 0.912 bits per heavy atom. The Kier molecular flexibility index (Phi) is 7.91. The van der Waals surface area contributed by atoms with Crippen molar-refractivity contribution >= 4 is 38.9 Å². The summed E-state index contributed by atoms with van der Waals surface area (Å²) >= 11 is 0. The van der Waals surface area contributed by atoms with Crippen LogP contribution in [-0.2, 0) is 19.6 Å². The summed E-state index contributed by atoms with van der Waals surface area (Å²) in [6.45, 7) is 5.13. The third-order valence-electron chi connectivity index (χ3n) is 4.80. The molecule has 0 fully saturated rings. The number of aryl methyl sites for hydroxylation is 1. The molecule has 0 aliphatic heterocycles. The van der Waals surface area contributed by atoms with Crippen molar-refractivity contribution in [2.24, 2.45) is 0 Å². The van der Waals surface area contributed by atoms with Crippen LogP contribution in [0.15, 0.2) is 77.7 Å². The highest BCUT2D eigenvalue weighted by Crippen LogP contribution is 2.26. The van der Waals surface area contributed by atoms with Gasteiger partial charge in [0.25, 0.3) is 10.0 Å². The maximum Gasteiger partial charge on any atom is 0.264 e. The van der Waals surface area contributed by atoms with E-state index in [0.717, 1.165) is 9.87 Å². The molecule has 0 saturated carbocycles. The van der Waals surface area contributed by atoms with Gasteiger partial charge < -0.3 is 15.4 Å². The minimum Gasteiger partial charge on any atom is -0.494 e. The van der Waals surface area contributed by atoms with Gasteiger partial charge in [0, 0.05) is 18.3 Å².